The third kappa shape index (κ3) is 4.62. The average Bonchev–Trinajstić information content (AvgIpc) is 2.68. The van der Waals surface area contributed by atoms with Crippen LogP contribution in [0.25, 0.3) is 0 Å². The maximum Gasteiger partial charge on any atom is 0.241 e. The normalized spacial score (nSPS) is 17.9. The Hall–Kier alpha value is -1.92. The van der Waals surface area contributed by atoms with Crippen molar-refractivity contribution < 1.29 is 9.59 Å². The van der Waals surface area contributed by atoms with E-state index in [0.29, 0.717) is 13.0 Å². The summed E-state index contributed by atoms with van der Waals surface area (Å²) in [6.07, 6.45) is 3.55. The van der Waals surface area contributed by atoms with Gasteiger partial charge in [-0.1, -0.05) is 18.2 Å². The van der Waals surface area contributed by atoms with Crippen molar-refractivity contribution in [3.05, 3.63) is 29.8 Å². The third-order valence-electron chi connectivity index (χ3n) is 5.31. The predicted molar refractivity (Wildman–Crippen MR) is 103 cm³/mol. The lowest BCUT2D eigenvalue weighted by atomic mass is 10.0. The first kappa shape index (κ1) is 18.9. The number of amides is 2. The molecule has 0 aromatic heterocycles. The molecule has 3 rings (SSSR count). The number of hydrogen-bond acceptors (Lipinski definition) is 4. The number of carbonyl (C=O) groups excluding carboxylic acids is 2. The molecule has 142 valence electrons. The Labute approximate surface area is 156 Å². The molecule has 0 unspecified atom stereocenters. The Morgan fingerprint density at radius 2 is 1.81 bits per heavy atom. The zero-order chi connectivity index (χ0) is 18.4. The highest BCUT2D eigenvalue weighted by Crippen LogP contribution is 2.26. The molecule has 0 saturated carbocycles. The van der Waals surface area contributed by atoms with E-state index >= 15 is 0 Å². The summed E-state index contributed by atoms with van der Waals surface area (Å²) in [6.45, 7) is 5.12. The van der Waals surface area contributed by atoms with E-state index < -0.39 is 0 Å². The molecule has 6 heteroatoms. The first-order valence-corrected chi connectivity index (χ1v) is 9.72. The number of nitrogens with zero attached hydrogens (tertiary/aromatic N) is 3. The summed E-state index contributed by atoms with van der Waals surface area (Å²) < 4.78 is 0. The minimum absolute atomic E-state index is 0.172. The molecule has 2 amide bonds. The van der Waals surface area contributed by atoms with Gasteiger partial charge >= 0.3 is 0 Å². The number of para-hydroxylation sites is 1. The van der Waals surface area contributed by atoms with Gasteiger partial charge in [0, 0.05) is 44.8 Å². The standard InChI is InChI=1S/C20H30N4O2/c1-21-10-4-9-19(25)23-14-12-22(13-15-23)16-20(26)24-11-5-7-17-6-2-3-8-18(17)24/h2-3,6,8,21H,4-5,7,9-16H2,1H3. The Balaban J connectivity index is 1.48. The molecule has 0 atom stereocenters. The van der Waals surface area contributed by atoms with Crippen molar-refractivity contribution >= 4 is 17.5 Å². The number of benzene rings is 1. The molecule has 2 aliphatic heterocycles. The van der Waals surface area contributed by atoms with E-state index in [0.717, 1.165) is 64.2 Å². The number of piperazine rings is 1. The highest BCUT2D eigenvalue weighted by Gasteiger charge is 2.26. The van der Waals surface area contributed by atoms with Gasteiger partial charge < -0.3 is 15.1 Å². The molecule has 0 bridgehead atoms. The number of carbonyl (C=O) groups is 2. The topological polar surface area (TPSA) is 55.9 Å². The molecule has 0 radical (unpaired) electrons. The van der Waals surface area contributed by atoms with Crippen LogP contribution in [0.4, 0.5) is 5.69 Å². The maximum absolute atomic E-state index is 12.8. The highest BCUT2D eigenvalue weighted by atomic mass is 16.2. The van der Waals surface area contributed by atoms with Crippen molar-refractivity contribution in [2.45, 2.75) is 25.7 Å². The molecule has 2 heterocycles. The molecule has 1 saturated heterocycles. The molecule has 26 heavy (non-hydrogen) atoms. The monoisotopic (exact) mass is 358 g/mol. The number of fused-ring (bicyclic) bond motifs is 1. The van der Waals surface area contributed by atoms with Gasteiger partial charge in [0.15, 0.2) is 0 Å². The second-order valence-electron chi connectivity index (χ2n) is 7.14. The molecule has 6 nitrogen and oxygen atoms in total. The van der Waals surface area contributed by atoms with E-state index in [1.807, 2.05) is 35.0 Å². The summed E-state index contributed by atoms with van der Waals surface area (Å²) in [7, 11) is 1.90. The summed E-state index contributed by atoms with van der Waals surface area (Å²) in [5.41, 5.74) is 2.34. The molecule has 1 N–H and O–H groups in total. The minimum atomic E-state index is 0.172. The van der Waals surface area contributed by atoms with Gasteiger partial charge in [0.05, 0.1) is 6.54 Å². The van der Waals surface area contributed by atoms with E-state index in [2.05, 4.69) is 16.3 Å². The number of rotatable bonds is 6. The molecule has 1 fully saturated rings. The van der Waals surface area contributed by atoms with Crippen LogP contribution in [-0.4, -0.2) is 74.5 Å². The lowest BCUT2D eigenvalue weighted by Crippen LogP contribution is -2.52. The van der Waals surface area contributed by atoms with Gasteiger partial charge in [-0.3, -0.25) is 14.5 Å². The first-order chi connectivity index (χ1) is 12.7. The molecule has 1 aromatic rings. The molecule has 0 spiro atoms. The lowest BCUT2D eigenvalue weighted by Gasteiger charge is -2.36. The van der Waals surface area contributed by atoms with Crippen molar-refractivity contribution in [1.82, 2.24) is 15.1 Å². The summed E-state index contributed by atoms with van der Waals surface area (Å²) in [5, 5.41) is 3.07. The van der Waals surface area contributed by atoms with Crippen LogP contribution >= 0.6 is 0 Å². The molecule has 0 aliphatic carbocycles. The van der Waals surface area contributed by atoms with Crippen LogP contribution in [-0.2, 0) is 16.0 Å². The van der Waals surface area contributed by atoms with Crippen LogP contribution in [0.5, 0.6) is 0 Å². The van der Waals surface area contributed by atoms with Gasteiger partial charge in [0.2, 0.25) is 11.8 Å². The number of nitrogens with one attached hydrogen (secondary N) is 1. The summed E-state index contributed by atoms with van der Waals surface area (Å²) in [4.78, 5) is 31.1. The average molecular weight is 358 g/mol. The minimum Gasteiger partial charge on any atom is -0.340 e. The lowest BCUT2D eigenvalue weighted by molar-refractivity contribution is -0.133. The zero-order valence-electron chi connectivity index (χ0n) is 15.7. The Morgan fingerprint density at radius 3 is 2.58 bits per heavy atom. The van der Waals surface area contributed by atoms with Crippen LogP contribution in [0.3, 0.4) is 0 Å². The van der Waals surface area contributed by atoms with Crippen molar-refractivity contribution in [2.24, 2.45) is 0 Å². The van der Waals surface area contributed by atoms with Gasteiger partial charge in [0.25, 0.3) is 0 Å². The van der Waals surface area contributed by atoms with Crippen molar-refractivity contribution in [3.63, 3.8) is 0 Å². The molecular formula is C20H30N4O2. The molecular weight excluding hydrogens is 328 g/mol. The van der Waals surface area contributed by atoms with Gasteiger partial charge in [0.1, 0.15) is 0 Å². The first-order valence-electron chi connectivity index (χ1n) is 9.72. The fourth-order valence-corrected chi connectivity index (χ4v) is 3.80. The van der Waals surface area contributed by atoms with E-state index in [-0.39, 0.29) is 11.8 Å². The van der Waals surface area contributed by atoms with E-state index in [9.17, 15) is 9.59 Å². The summed E-state index contributed by atoms with van der Waals surface area (Å²) in [5.74, 6) is 0.405. The SMILES string of the molecule is CNCCCC(=O)N1CCN(CC(=O)N2CCCc3ccccc32)CC1. The summed E-state index contributed by atoms with van der Waals surface area (Å²) >= 11 is 0. The van der Waals surface area contributed by atoms with Gasteiger partial charge in [-0.05, 0) is 44.5 Å². The predicted octanol–water partition coefficient (Wildman–Crippen LogP) is 1.11. The Kier molecular flexibility index (Phi) is 6.63. The van der Waals surface area contributed by atoms with Crippen LogP contribution in [0.15, 0.2) is 24.3 Å². The number of anilines is 1. The van der Waals surface area contributed by atoms with Crippen molar-refractivity contribution in [3.8, 4) is 0 Å². The van der Waals surface area contributed by atoms with Crippen LogP contribution in [0.1, 0.15) is 24.8 Å². The van der Waals surface area contributed by atoms with Crippen LogP contribution in [0.2, 0.25) is 0 Å². The third-order valence-corrected chi connectivity index (χ3v) is 5.31. The van der Waals surface area contributed by atoms with Crippen molar-refractivity contribution in [1.29, 1.82) is 0 Å². The Morgan fingerprint density at radius 1 is 1.04 bits per heavy atom. The smallest absolute Gasteiger partial charge is 0.241 e. The highest BCUT2D eigenvalue weighted by molar-refractivity contribution is 5.96. The maximum atomic E-state index is 12.8. The zero-order valence-corrected chi connectivity index (χ0v) is 15.7. The van der Waals surface area contributed by atoms with Crippen LogP contribution in [0, 0.1) is 0 Å². The van der Waals surface area contributed by atoms with E-state index in [1.54, 1.807) is 0 Å². The largest absolute Gasteiger partial charge is 0.340 e. The number of aryl methyl sites for hydroxylation is 1. The van der Waals surface area contributed by atoms with Crippen molar-refractivity contribution in [2.75, 3.05) is 57.8 Å². The van der Waals surface area contributed by atoms with Gasteiger partial charge in [-0.15, -0.1) is 0 Å². The Bertz CT molecular complexity index is 626. The van der Waals surface area contributed by atoms with Gasteiger partial charge in [-0.25, -0.2) is 0 Å². The van der Waals surface area contributed by atoms with Crippen LogP contribution < -0.4 is 10.2 Å². The molecule has 1 aromatic carbocycles. The second kappa shape index (κ2) is 9.14. The second-order valence-corrected chi connectivity index (χ2v) is 7.14. The fourth-order valence-electron chi connectivity index (χ4n) is 3.80. The fraction of sp³-hybridized carbons (Fsp3) is 0.600. The quantitative estimate of drug-likeness (QED) is 0.774. The van der Waals surface area contributed by atoms with E-state index in [1.165, 1.54) is 5.56 Å². The van der Waals surface area contributed by atoms with E-state index in [4.69, 9.17) is 0 Å². The van der Waals surface area contributed by atoms with Gasteiger partial charge in [-0.2, -0.15) is 0 Å². The molecule has 2 aliphatic rings. The summed E-state index contributed by atoms with van der Waals surface area (Å²) in [6, 6.07) is 8.21. The number of hydrogen-bond donors (Lipinski definition) is 1.